The third-order valence-electron chi connectivity index (χ3n) is 4.75. The Morgan fingerprint density at radius 2 is 2.12 bits per heavy atom. The van der Waals surface area contributed by atoms with Crippen molar-refractivity contribution in [2.24, 2.45) is 10.1 Å². The average Bonchev–Trinajstić information content (AvgIpc) is 3.31. The summed E-state index contributed by atoms with van der Waals surface area (Å²) in [5, 5.41) is 9.30. The third kappa shape index (κ3) is 3.22. The van der Waals surface area contributed by atoms with Crippen molar-refractivity contribution in [3.63, 3.8) is 0 Å². The van der Waals surface area contributed by atoms with Gasteiger partial charge < -0.3 is 10.2 Å². The lowest BCUT2D eigenvalue weighted by atomic mass is 10.1. The largest absolute Gasteiger partial charge is 0.382 e. The second-order valence-corrected chi connectivity index (χ2v) is 6.50. The number of fused-ring (bicyclic) bond motifs is 1. The van der Waals surface area contributed by atoms with Crippen LogP contribution in [0, 0.1) is 6.92 Å². The number of pyridine rings is 1. The first-order valence-corrected chi connectivity index (χ1v) is 8.75. The van der Waals surface area contributed by atoms with Gasteiger partial charge in [-0.2, -0.15) is 0 Å². The fraction of sp³-hybridized carbons (Fsp3) is 0.300. The molecule has 6 heteroatoms. The van der Waals surface area contributed by atoms with E-state index >= 15 is 0 Å². The standard InChI is InChI=1S/C20H20N4O2/c1-13-3-2-4-16-19(13)15(12-23-16)7-10-22-20(25)18-11-17(24-26-18)14-5-8-21-9-6-14/h2-6,8-9,18H,7,10-12H2,1H3,(H,22,25)/t18-/m1/s1. The normalized spacial score (nSPS) is 18.0. The van der Waals surface area contributed by atoms with Gasteiger partial charge in [0.25, 0.3) is 5.91 Å². The highest BCUT2D eigenvalue weighted by Crippen LogP contribution is 2.16. The van der Waals surface area contributed by atoms with Crippen molar-refractivity contribution in [1.29, 1.82) is 0 Å². The zero-order valence-electron chi connectivity index (χ0n) is 14.6. The molecule has 1 aromatic carbocycles. The highest BCUT2D eigenvalue weighted by molar-refractivity contribution is 6.03. The highest BCUT2D eigenvalue weighted by atomic mass is 16.6. The van der Waals surface area contributed by atoms with Crippen LogP contribution in [-0.4, -0.2) is 35.8 Å². The van der Waals surface area contributed by atoms with E-state index in [0.29, 0.717) is 19.5 Å². The summed E-state index contributed by atoms with van der Waals surface area (Å²) in [5.41, 5.74) is 4.23. The van der Waals surface area contributed by atoms with Crippen molar-refractivity contribution in [2.75, 3.05) is 13.1 Å². The van der Waals surface area contributed by atoms with Gasteiger partial charge in [0, 0.05) is 36.1 Å². The zero-order chi connectivity index (χ0) is 17.9. The van der Waals surface area contributed by atoms with Crippen LogP contribution >= 0.6 is 0 Å². The van der Waals surface area contributed by atoms with Crippen molar-refractivity contribution in [3.8, 4) is 0 Å². The monoisotopic (exact) mass is 348 g/mol. The summed E-state index contributed by atoms with van der Waals surface area (Å²) in [5.74, 6) is -0.127. The number of hydrogen-bond donors (Lipinski definition) is 1. The Labute approximate surface area is 151 Å². The Bertz CT molecular complexity index is 983. The lowest BCUT2D eigenvalue weighted by Crippen LogP contribution is -2.36. The van der Waals surface area contributed by atoms with E-state index in [-0.39, 0.29) is 5.91 Å². The van der Waals surface area contributed by atoms with Gasteiger partial charge in [-0.05, 0) is 42.7 Å². The average molecular weight is 348 g/mol. The van der Waals surface area contributed by atoms with Crippen LogP contribution in [0.4, 0.5) is 0 Å². The summed E-state index contributed by atoms with van der Waals surface area (Å²) in [6.45, 7) is 3.38. The van der Waals surface area contributed by atoms with Crippen molar-refractivity contribution in [1.82, 2.24) is 10.3 Å². The van der Waals surface area contributed by atoms with Crippen LogP contribution in [0.25, 0.3) is 5.57 Å². The number of benzene rings is 1. The SMILES string of the molecule is Cc1cccc2c1=C(CCNC(=O)[C@H]1CC(c3ccncc3)=NO1)CN=2. The molecule has 2 aliphatic rings. The van der Waals surface area contributed by atoms with Crippen molar-refractivity contribution >= 4 is 17.2 Å². The number of hydrogen-bond acceptors (Lipinski definition) is 5. The van der Waals surface area contributed by atoms with Gasteiger partial charge in [-0.15, -0.1) is 0 Å². The Kier molecular flexibility index (Phi) is 4.48. The predicted molar refractivity (Wildman–Crippen MR) is 98.1 cm³/mol. The minimum absolute atomic E-state index is 0.127. The van der Waals surface area contributed by atoms with Gasteiger partial charge in [0.2, 0.25) is 6.10 Å². The molecule has 3 heterocycles. The van der Waals surface area contributed by atoms with E-state index < -0.39 is 6.10 Å². The number of amides is 1. The number of oxime groups is 1. The molecule has 0 bridgehead atoms. The van der Waals surface area contributed by atoms with Gasteiger partial charge in [-0.25, -0.2) is 0 Å². The number of carbonyl (C=O) groups excluding carboxylic acids is 1. The highest BCUT2D eigenvalue weighted by Gasteiger charge is 2.28. The molecule has 1 atom stereocenters. The zero-order valence-corrected chi connectivity index (χ0v) is 14.6. The summed E-state index contributed by atoms with van der Waals surface area (Å²) in [6.07, 6.45) is 4.11. The summed E-state index contributed by atoms with van der Waals surface area (Å²) in [7, 11) is 0. The molecule has 0 radical (unpaired) electrons. The van der Waals surface area contributed by atoms with Gasteiger partial charge >= 0.3 is 0 Å². The van der Waals surface area contributed by atoms with Crippen LogP contribution in [0.1, 0.15) is 24.0 Å². The number of nitrogens with one attached hydrogen (secondary N) is 1. The summed E-state index contributed by atoms with van der Waals surface area (Å²) >= 11 is 0. The van der Waals surface area contributed by atoms with E-state index in [1.807, 2.05) is 24.3 Å². The molecule has 0 saturated heterocycles. The van der Waals surface area contributed by atoms with E-state index in [1.54, 1.807) is 12.4 Å². The molecule has 132 valence electrons. The van der Waals surface area contributed by atoms with E-state index in [1.165, 1.54) is 16.4 Å². The minimum atomic E-state index is -0.564. The van der Waals surface area contributed by atoms with Crippen LogP contribution in [0.3, 0.4) is 0 Å². The van der Waals surface area contributed by atoms with Gasteiger partial charge in [0.1, 0.15) is 0 Å². The summed E-state index contributed by atoms with van der Waals surface area (Å²) < 4.78 is 0. The quantitative estimate of drug-likeness (QED) is 0.871. The molecule has 4 rings (SSSR count). The molecule has 1 N–H and O–H groups in total. The van der Waals surface area contributed by atoms with Gasteiger partial charge in [-0.1, -0.05) is 17.3 Å². The first kappa shape index (κ1) is 16.4. The molecule has 26 heavy (non-hydrogen) atoms. The topological polar surface area (TPSA) is 75.9 Å². The van der Waals surface area contributed by atoms with Crippen LogP contribution in [0.15, 0.2) is 52.9 Å². The maximum Gasteiger partial charge on any atom is 0.264 e. The Morgan fingerprint density at radius 3 is 2.96 bits per heavy atom. The Morgan fingerprint density at radius 1 is 1.27 bits per heavy atom. The molecule has 0 fully saturated rings. The third-order valence-corrected chi connectivity index (χ3v) is 4.75. The molecule has 2 aliphatic heterocycles. The summed E-state index contributed by atoms with van der Waals surface area (Å²) in [4.78, 5) is 26.2. The fourth-order valence-corrected chi connectivity index (χ4v) is 3.39. The Balaban J connectivity index is 1.33. The van der Waals surface area contributed by atoms with E-state index in [4.69, 9.17) is 4.84 Å². The van der Waals surface area contributed by atoms with Crippen molar-refractivity contribution < 1.29 is 9.63 Å². The lowest BCUT2D eigenvalue weighted by Gasteiger charge is -2.10. The molecule has 0 spiro atoms. The van der Waals surface area contributed by atoms with Crippen LogP contribution in [0.2, 0.25) is 0 Å². The molecule has 6 nitrogen and oxygen atoms in total. The number of aryl methyl sites for hydroxylation is 1. The maximum absolute atomic E-state index is 12.4. The molecule has 1 aromatic heterocycles. The van der Waals surface area contributed by atoms with E-state index in [9.17, 15) is 4.79 Å². The van der Waals surface area contributed by atoms with Gasteiger partial charge in [-0.3, -0.25) is 14.8 Å². The van der Waals surface area contributed by atoms with Crippen molar-refractivity contribution in [3.05, 3.63) is 64.4 Å². The predicted octanol–water partition coefficient (Wildman–Crippen LogP) is 0.873. The molecule has 0 saturated carbocycles. The molecule has 0 aliphatic carbocycles. The molecular formula is C20H20N4O2. The first-order valence-electron chi connectivity index (χ1n) is 8.75. The molecule has 1 amide bonds. The van der Waals surface area contributed by atoms with Crippen molar-refractivity contribution in [2.45, 2.75) is 25.9 Å². The lowest BCUT2D eigenvalue weighted by molar-refractivity contribution is -0.131. The number of rotatable bonds is 5. The van der Waals surface area contributed by atoms with E-state index in [2.05, 4.69) is 33.4 Å². The second-order valence-electron chi connectivity index (χ2n) is 6.50. The van der Waals surface area contributed by atoms with E-state index in [0.717, 1.165) is 23.1 Å². The number of nitrogens with zero attached hydrogens (tertiary/aromatic N) is 3. The smallest absolute Gasteiger partial charge is 0.264 e. The minimum Gasteiger partial charge on any atom is -0.382 e. The Hall–Kier alpha value is -3.02. The first-order chi connectivity index (χ1) is 12.7. The second kappa shape index (κ2) is 7.07. The van der Waals surface area contributed by atoms with Gasteiger partial charge in [0.15, 0.2) is 0 Å². The van der Waals surface area contributed by atoms with Crippen LogP contribution in [-0.2, 0) is 9.63 Å². The number of aromatic nitrogens is 1. The summed E-state index contributed by atoms with van der Waals surface area (Å²) in [6, 6.07) is 9.89. The molecular weight excluding hydrogens is 328 g/mol. The molecule has 0 unspecified atom stereocenters. The molecule has 2 aromatic rings. The fourth-order valence-electron chi connectivity index (χ4n) is 3.39. The number of carbonyl (C=O) groups is 1. The maximum atomic E-state index is 12.4. The van der Waals surface area contributed by atoms with Gasteiger partial charge in [0.05, 0.1) is 17.6 Å². The van der Waals surface area contributed by atoms with Crippen LogP contribution < -0.4 is 15.9 Å². The van der Waals surface area contributed by atoms with Crippen LogP contribution in [0.5, 0.6) is 0 Å².